The average Bonchev–Trinajstić information content (AvgIpc) is 0.722. The van der Waals surface area contributed by atoms with E-state index in [-0.39, 0.29) is 59.5 Å². The molecule has 0 bridgehead atoms. The molecule has 0 aliphatic rings. The number of rotatable bonds is 0. The van der Waals surface area contributed by atoms with E-state index in [1.807, 2.05) is 0 Å². The van der Waals surface area contributed by atoms with Gasteiger partial charge in [-0.1, -0.05) is 0 Å². The summed E-state index contributed by atoms with van der Waals surface area (Å²) in [4.78, 5) is 0. The summed E-state index contributed by atoms with van der Waals surface area (Å²) < 4.78 is 34.1. The van der Waals surface area contributed by atoms with Crippen molar-refractivity contribution in [2.45, 2.75) is 0 Å². The molecule has 0 atom stereocenters. The van der Waals surface area contributed by atoms with Crippen molar-refractivity contribution in [3.63, 3.8) is 0 Å². The Morgan fingerprint density at radius 2 is 1.14 bits per heavy atom. The monoisotopic (exact) mass is 184 g/mol. The zero-order chi connectivity index (χ0) is 4.50. The molecule has 36 valence electrons. The van der Waals surface area contributed by atoms with Crippen LogP contribution in [0, 0.1) is 0 Å². The van der Waals surface area contributed by atoms with E-state index >= 15 is 0 Å². The van der Waals surface area contributed by atoms with Gasteiger partial charge in [-0.05, 0) is 0 Å². The van der Waals surface area contributed by atoms with Crippen molar-refractivity contribution in [3.05, 3.63) is 0 Å². The third kappa shape index (κ3) is 78.8. The molecule has 0 amide bonds. The second-order valence-electron chi connectivity index (χ2n) is 0.408. The van der Waals surface area contributed by atoms with Crippen LogP contribution in [0.15, 0.2) is 0 Å². The van der Waals surface area contributed by atoms with Crippen molar-refractivity contribution >= 4 is 48.1 Å². The molecule has 0 aromatic carbocycles. The van der Waals surface area contributed by atoms with E-state index in [2.05, 4.69) is 0 Å². The van der Waals surface area contributed by atoms with Gasteiger partial charge in [0.25, 0.3) is 0 Å². The zero-order valence-electron chi connectivity index (χ0n) is 3.25. The second-order valence-corrected chi connectivity index (χ2v) is 1.22. The molecule has 0 aromatic heterocycles. The van der Waals surface area contributed by atoms with Crippen LogP contribution in [-0.4, -0.2) is 55.3 Å². The minimum absolute atomic E-state index is 0. The molecule has 0 aliphatic carbocycles. The van der Waals surface area contributed by atoms with Crippen molar-refractivity contribution < 1.29 is 39.2 Å². The van der Waals surface area contributed by atoms with Crippen molar-refractivity contribution in [1.82, 2.24) is 0 Å². The van der Waals surface area contributed by atoms with Gasteiger partial charge in [0.2, 0.25) is 0 Å². The van der Waals surface area contributed by atoms with Gasteiger partial charge in [0.05, 0.1) is 0 Å². The second kappa shape index (κ2) is 5.97. The fraction of sp³-hybridized carbons (Fsp3) is 0. The summed E-state index contributed by atoms with van der Waals surface area (Å²) in [5.74, 6) is 0. The Balaban J connectivity index is -0.0000000800. The predicted octanol–water partition coefficient (Wildman–Crippen LogP) is -1.72. The van der Waals surface area contributed by atoms with Crippen molar-refractivity contribution in [3.8, 4) is 0 Å². The van der Waals surface area contributed by atoms with Gasteiger partial charge in [-0.2, -0.15) is 0 Å². The Kier molecular flexibility index (Phi) is 13.6. The maximum atomic E-state index is 8.52. The Bertz CT molecular complexity index is 94.9. The molecule has 0 unspecified atom stereocenters. The summed E-state index contributed by atoms with van der Waals surface area (Å²) in [5.41, 5.74) is 0. The Hall–Kier alpha value is 1.84. The van der Waals surface area contributed by atoms with Crippen LogP contribution in [0.3, 0.4) is 0 Å². The minimum Gasteiger partial charge on any atom is -0.759 e. The molecule has 7 heavy (non-hydrogen) atoms. The molecule has 0 spiro atoms. The molecular weight excluding hydrogens is 184 g/mol. The summed E-state index contributed by atoms with van der Waals surface area (Å²) in [6.45, 7) is 0. The summed E-state index contributed by atoms with van der Waals surface area (Å²) >= 11 is 0. The molecule has 0 aliphatic heterocycles. The number of hydrogen-bond donors (Lipinski definition) is 0. The molecular formula is CaO4STi. The largest absolute Gasteiger partial charge is 2.00 e. The van der Waals surface area contributed by atoms with Crippen LogP contribution in [0.1, 0.15) is 0 Å². The van der Waals surface area contributed by atoms with Crippen molar-refractivity contribution in [1.29, 1.82) is 0 Å². The van der Waals surface area contributed by atoms with E-state index in [1.54, 1.807) is 0 Å². The van der Waals surface area contributed by atoms with Crippen LogP contribution >= 0.6 is 0 Å². The fourth-order valence-corrected chi connectivity index (χ4v) is 0. The van der Waals surface area contributed by atoms with Gasteiger partial charge in [-0.3, -0.25) is 8.42 Å². The maximum absolute atomic E-state index is 8.52. The first-order valence-electron chi connectivity index (χ1n) is 0.667. The minimum atomic E-state index is -5.17. The quantitative estimate of drug-likeness (QED) is 0.254. The Morgan fingerprint density at radius 1 is 1.14 bits per heavy atom. The van der Waals surface area contributed by atoms with Gasteiger partial charge in [0.1, 0.15) is 0 Å². The molecule has 0 N–H and O–H groups in total. The van der Waals surface area contributed by atoms with Crippen LogP contribution in [0.25, 0.3) is 0 Å². The smallest absolute Gasteiger partial charge is 0.759 e. The summed E-state index contributed by atoms with van der Waals surface area (Å²) in [7, 11) is -5.17. The van der Waals surface area contributed by atoms with Gasteiger partial charge in [-0.25, -0.2) is 0 Å². The fourth-order valence-electron chi connectivity index (χ4n) is 0. The molecule has 0 fully saturated rings. The molecule has 0 rings (SSSR count). The SMILES string of the molecule is O=S(=O)([O-])[O-].[Ca+2].[Ti]. The first-order chi connectivity index (χ1) is 2.00. The normalized spacial score (nSPS) is 8.29. The van der Waals surface area contributed by atoms with Crippen molar-refractivity contribution in [2.24, 2.45) is 0 Å². The predicted molar refractivity (Wildman–Crippen MR) is 16.2 cm³/mol. The molecule has 7 heteroatoms. The molecule has 0 saturated carbocycles. The van der Waals surface area contributed by atoms with Crippen LogP contribution in [0.4, 0.5) is 0 Å². The summed E-state index contributed by atoms with van der Waals surface area (Å²) in [5, 5.41) is 0. The molecule has 0 saturated heterocycles. The molecule has 0 aromatic rings. The molecule has 0 radical (unpaired) electrons. The van der Waals surface area contributed by atoms with Gasteiger partial charge < -0.3 is 9.11 Å². The average molecular weight is 184 g/mol. The van der Waals surface area contributed by atoms with Gasteiger partial charge in [0, 0.05) is 32.1 Å². The van der Waals surface area contributed by atoms with Gasteiger partial charge in [0.15, 0.2) is 0 Å². The van der Waals surface area contributed by atoms with Gasteiger partial charge >= 0.3 is 37.7 Å². The molecule has 4 nitrogen and oxygen atoms in total. The van der Waals surface area contributed by atoms with E-state index in [0.29, 0.717) is 0 Å². The number of hydrogen-bond acceptors (Lipinski definition) is 4. The standard InChI is InChI=1S/Ca.H2O4S.Ti/c;1-5(2,3)4;/h;(H2,1,2,3,4);/q+2;;/p-2. The van der Waals surface area contributed by atoms with Crippen LogP contribution < -0.4 is 0 Å². The Labute approximate surface area is 86.1 Å². The van der Waals surface area contributed by atoms with Crippen molar-refractivity contribution in [2.75, 3.05) is 0 Å². The van der Waals surface area contributed by atoms with Crippen LogP contribution in [0.2, 0.25) is 0 Å². The van der Waals surface area contributed by atoms with E-state index < -0.39 is 10.4 Å². The zero-order valence-corrected chi connectivity index (χ0v) is 7.83. The third-order valence-corrected chi connectivity index (χ3v) is 0. The van der Waals surface area contributed by atoms with E-state index in [0.717, 1.165) is 0 Å². The van der Waals surface area contributed by atoms with E-state index in [9.17, 15) is 0 Å². The summed E-state index contributed by atoms with van der Waals surface area (Å²) in [6.07, 6.45) is 0. The van der Waals surface area contributed by atoms with Crippen LogP contribution in [0.5, 0.6) is 0 Å². The first-order valence-corrected chi connectivity index (χ1v) is 2.00. The first kappa shape index (κ1) is 15.9. The topological polar surface area (TPSA) is 80.3 Å². The van der Waals surface area contributed by atoms with Gasteiger partial charge in [-0.15, -0.1) is 0 Å². The van der Waals surface area contributed by atoms with E-state index in [4.69, 9.17) is 17.5 Å². The summed E-state index contributed by atoms with van der Waals surface area (Å²) in [6, 6.07) is 0. The van der Waals surface area contributed by atoms with Crippen LogP contribution in [-0.2, 0) is 32.1 Å². The maximum Gasteiger partial charge on any atom is 2.00 e. The molecule has 0 heterocycles. The third-order valence-electron chi connectivity index (χ3n) is 0. The Morgan fingerprint density at radius 3 is 1.14 bits per heavy atom. The van der Waals surface area contributed by atoms with E-state index in [1.165, 1.54) is 0 Å².